The molecular formula is C24H36N8O. The highest BCUT2D eigenvalue weighted by molar-refractivity contribution is 5.64. The van der Waals surface area contributed by atoms with Crippen LogP contribution in [0.15, 0.2) is 39.9 Å². The molecule has 4 N–H and O–H groups in total. The molecule has 4 atom stereocenters. The summed E-state index contributed by atoms with van der Waals surface area (Å²) in [6, 6.07) is 0. The van der Waals surface area contributed by atoms with E-state index in [0.29, 0.717) is 25.1 Å². The molecule has 1 aromatic heterocycles. The SMILES string of the molecule is CCC=NC1=C(C)NC=NC1NC/C=C/CNc1ncnc2c1C(C)CC[C@@H]1CC[C@H](N2)O1. The number of nitrogens with one attached hydrogen (secondary N) is 4. The Bertz CT molecular complexity index is 925. The van der Waals surface area contributed by atoms with Crippen LogP contribution in [0.2, 0.25) is 0 Å². The molecule has 0 aliphatic carbocycles. The number of fused-ring (bicyclic) bond motifs is 3. The summed E-state index contributed by atoms with van der Waals surface area (Å²) in [5, 5.41) is 13.5. The van der Waals surface area contributed by atoms with Gasteiger partial charge in [0.2, 0.25) is 0 Å². The Hall–Kier alpha value is -2.78. The first-order valence-corrected chi connectivity index (χ1v) is 12.1. The largest absolute Gasteiger partial charge is 0.366 e. The molecule has 2 unspecified atom stereocenters. The zero-order valence-electron chi connectivity index (χ0n) is 19.8. The fourth-order valence-electron chi connectivity index (χ4n) is 4.44. The average Bonchev–Trinajstić information content (AvgIpc) is 3.28. The van der Waals surface area contributed by atoms with Gasteiger partial charge in [-0.05, 0) is 44.9 Å². The van der Waals surface area contributed by atoms with E-state index >= 15 is 0 Å². The zero-order chi connectivity index (χ0) is 23.0. The molecule has 0 amide bonds. The lowest BCUT2D eigenvalue weighted by Gasteiger charge is -2.21. The standard InChI is InChI=1S/C24H36N8O/c1-4-11-25-21-17(3)28-14-31-24(21)27-13-6-5-12-26-22-20-16(2)7-8-18-9-10-19(33-18)32-23(20)30-15-29-22/h5-6,11,14-16,18-19,24,27H,4,7-10,12-13H2,1-3H3,(H,28,31)(H2,26,29,30,32)/b6-5+,25-11?/t16?,18-,19-,24?/m1/s1. The van der Waals surface area contributed by atoms with Crippen molar-refractivity contribution in [3.63, 3.8) is 0 Å². The lowest BCUT2D eigenvalue weighted by Crippen LogP contribution is -2.35. The summed E-state index contributed by atoms with van der Waals surface area (Å²) in [4.78, 5) is 18.1. The Labute approximate surface area is 196 Å². The monoisotopic (exact) mass is 452 g/mol. The van der Waals surface area contributed by atoms with Gasteiger partial charge in [-0.15, -0.1) is 0 Å². The predicted molar refractivity (Wildman–Crippen MR) is 134 cm³/mol. The van der Waals surface area contributed by atoms with Crippen LogP contribution in [0, 0.1) is 0 Å². The van der Waals surface area contributed by atoms with E-state index in [2.05, 4.69) is 67.2 Å². The zero-order valence-corrected chi connectivity index (χ0v) is 19.8. The Morgan fingerprint density at radius 2 is 2.03 bits per heavy atom. The van der Waals surface area contributed by atoms with Crippen molar-refractivity contribution in [3.05, 3.63) is 35.4 Å². The van der Waals surface area contributed by atoms with E-state index in [9.17, 15) is 0 Å². The van der Waals surface area contributed by atoms with Crippen LogP contribution < -0.4 is 21.3 Å². The van der Waals surface area contributed by atoms with Gasteiger partial charge in [0.25, 0.3) is 0 Å². The third kappa shape index (κ3) is 5.97. The highest BCUT2D eigenvalue weighted by Gasteiger charge is 2.30. The number of nitrogens with zero attached hydrogens (tertiary/aromatic N) is 4. The first-order valence-electron chi connectivity index (χ1n) is 12.1. The van der Waals surface area contributed by atoms with Crippen LogP contribution in [0.3, 0.4) is 0 Å². The molecule has 33 heavy (non-hydrogen) atoms. The molecule has 4 heterocycles. The average molecular weight is 453 g/mol. The van der Waals surface area contributed by atoms with Gasteiger partial charge in [0.05, 0.1) is 18.1 Å². The molecule has 0 radical (unpaired) electrons. The van der Waals surface area contributed by atoms with Crippen molar-refractivity contribution < 1.29 is 4.74 Å². The predicted octanol–water partition coefficient (Wildman–Crippen LogP) is 3.52. The van der Waals surface area contributed by atoms with E-state index in [1.54, 1.807) is 12.7 Å². The number of aromatic nitrogens is 2. The molecule has 0 aromatic carbocycles. The summed E-state index contributed by atoms with van der Waals surface area (Å²) in [5.41, 5.74) is 3.11. The maximum atomic E-state index is 6.10. The number of aliphatic imine (C=N–C) groups is 2. The lowest BCUT2D eigenvalue weighted by molar-refractivity contribution is 0.0547. The number of ether oxygens (including phenoxy) is 1. The van der Waals surface area contributed by atoms with Gasteiger partial charge < -0.3 is 20.7 Å². The second-order valence-corrected chi connectivity index (χ2v) is 8.75. The van der Waals surface area contributed by atoms with Crippen LogP contribution >= 0.6 is 0 Å². The van der Waals surface area contributed by atoms with Gasteiger partial charge in [-0.2, -0.15) is 0 Å². The van der Waals surface area contributed by atoms with E-state index in [-0.39, 0.29) is 12.4 Å². The van der Waals surface area contributed by atoms with Gasteiger partial charge in [0.15, 0.2) is 0 Å². The molecule has 2 bridgehead atoms. The first kappa shape index (κ1) is 23.4. The number of allylic oxidation sites excluding steroid dienone is 1. The minimum Gasteiger partial charge on any atom is -0.366 e. The highest BCUT2D eigenvalue weighted by atomic mass is 16.5. The topological polar surface area (TPSA) is 108 Å². The molecule has 3 aliphatic rings. The Morgan fingerprint density at radius 3 is 2.91 bits per heavy atom. The summed E-state index contributed by atoms with van der Waals surface area (Å²) in [7, 11) is 0. The van der Waals surface area contributed by atoms with Crippen molar-refractivity contribution >= 4 is 24.2 Å². The van der Waals surface area contributed by atoms with Crippen molar-refractivity contribution in [1.29, 1.82) is 0 Å². The maximum absolute atomic E-state index is 6.10. The van der Waals surface area contributed by atoms with Crippen LogP contribution in [-0.2, 0) is 4.74 Å². The van der Waals surface area contributed by atoms with E-state index < -0.39 is 0 Å². The number of hydrogen-bond donors (Lipinski definition) is 4. The first-order chi connectivity index (χ1) is 16.2. The van der Waals surface area contributed by atoms with Crippen molar-refractivity contribution in [1.82, 2.24) is 20.6 Å². The third-order valence-corrected chi connectivity index (χ3v) is 6.25. The maximum Gasteiger partial charge on any atom is 0.146 e. The van der Waals surface area contributed by atoms with Crippen LogP contribution in [0.1, 0.15) is 64.4 Å². The summed E-state index contributed by atoms with van der Waals surface area (Å²) in [5.74, 6) is 2.15. The smallest absolute Gasteiger partial charge is 0.146 e. The molecule has 1 aromatic rings. The molecule has 178 valence electrons. The molecule has 3 aliphatic heterocycles. The van der Waals surface area contributed by atoms with Gasteiger partial charge in [-0.1, -0.05) is 26.0 Å². The number of rotatable bonds is 8. The molecule has 0 saturated carbocycles. The lowest BCUT2D eigenvalue weighted by atomic mass is 9.94. The van der Waals surface area contributed by atoms with Gasteiger partial charge in [0.1, 0.15) is 30.4 Å². The van der Waals surface area contributed by atoms with Crippen LogP contribution in [0.5, 0.6) is 0 Å². The summed E-state index contributed by atoms with van der Waals surface area (Å²) < 4.78 is 6.10. The molecule has 4 rings (SSSR count). The molecule has 1 fully saturated rings. The van der Waals surface area contributed by atoms with E-state index in [1.165, 1.54) is 0 Å². The second-order valence-electron chi connectivity index (χ2n) is 8.75. The van der Waals surface area contributed by atoms with Crippen LogP contribution in [0.4, 0.5) is 11.6 Å². The second kappa shape index (κ2) is 11.4. The molecule has 9 heteroatoms. The molecule has 9 nitrogen and oxygen atoms in total. The van der Waals surface area contributed by atoms with Crippen molar-refractivity contribution in [2.45, 2.75) is 77.3 Å². The third-order valence-electron chi connectivity index (χ3n) is 6.25. The molecule has 1 saturated heterocycles. The van der Waals surface area contributed by atoms with E-state index in [0.717, 1.165) is 60.7 Å². The minimum atomic E-state index is -0.137. The minimum absolute atomic E-state index is 0.0506. The van der Waals surface area contributed by atoms with Gasteiger partial charge >= 0.3 is 0 Å². The van der Waals surface area contributed by atoms with Crippen molar-refractivity contribution in [3.8, 4) is 0 Å². The normalized spacial score (nSPS) is 27.1. The van der Waals surface area contributed by atoms with E-state index in [1.807, 2.05) is 13.1 Å². The highest BCUT2D eigenvalue weighted by Crippen LogP contribution is 2.37. The van der Waals surface area contributed by atoms with Crippen LogP contribution in [0.25, 0.3) is 0 Å². The van der Waals surface area contributed by atoms with Crippen molar-refractivity contribution in [2.75, 3.05) is 23.7 Å². The Balaban J connectivity index is 1.33. The Kier molecular flexibility index (Phi) is 8.06. The number of hydrogen-bond acceptors (Lipinski definition) is 9. The summed E-state index contributed by atoms with van der Waals surface area (Å²) in [6.45, 7) is 7.73. The van der Waals surface area contributed by atoms with Crippen molar-refractivity contribution in [2.24, 2.45) is 9.98 Å². The Morgan fingerprint density at radius 1 is 1.18 bits per heavy atom. The fraction of sp³-hybridized carbons (Fsp3) is 0.583. The van der Waals surface area contributed by atoms with Gasteiger partial charge in [0, 0.05) is 30.6 Å². The molecule has 0 spiro atoms. The molecular weight excluding hydrogens is 416 g/mol. The summed E-state index contributed by atoms with van der Waals surface area (Å²) in [6.07, 6.45) is 14.9. The summed E-state index contributed by atoms with van der Waals surface area (Å²) >= 11 is 0. The van der Waals surface area contributed by atoms with Crippen LogP contribution in [-0.4, -0.2) is 54.1 Å². The van der Waals surface area contributed by atoms with Gasteiger partial charge in [-0.25, -0.2) is 9.97 Å². The fourth-order valence-corrected chi connectivity index (χ4v) is 4.44. The number of anilines is 2. The van der Waals surface area contributed by atoms with E-state index in [4.69, 9.17) is 4.74 Å². The quantitative estimate of drug-likeness (QED) is 0.353. The van der Waals surface area contributed by atoms with Gasteiger partial charge in [-0.3, -0.25) is 15.3 Å².